The van der Waals surface area contributed by atoms with Crippen LogP contribution in [0.1, 0.15) is 58.8 Å². The van der Waals surface area contributed by atoms with Crippen LogP contribution in [0.2, 0.25) is 0 Å². The molecule has 0 bridgehead atoms. The van der Waals surface area contributed by atoms with E-state index < -0.39 is 0 Å². The van der Waals surface area contributed by atoms with Crippen molar-refractivity contribution >= 4 is 0 Å². The molecule has 1 aliphatic rings. The molecule has 0 amide bonds. The van der Waals surface area contributed by atoms with Gasteiger partial charge in [-0.1, -0.05) is 33.1 Å². The third kappa shape index (κ3) is 4.06. The molecule has 2 heteroatoms. The van der Waals surface area contributed by atoms with Crippen LogP contribution in [0.3, 0.4) is 0 Å². The van der Waals surface area contributed by atoms with Crippen LogP contribution < -0.4 is 0 Å². The molecule has 0 spiro atoms. The molecule has 1 saturated carbocycles. The summed E-state index contributed by atoms with van der Waals surface area (Å²) < 4.78 is 0. The number of rotatable bonds is 6. The summed E-state index contributed by atoms with van der Waals surface area (Å²) in [6.45, 7) is 5.73. The maximum atomic E-state index is 9.79. The fraction of sp³-hybridized carbons (Fsp3) is 1.00. The largest absolute Gasteiger partial charge is 0.393 e. The van der Waals surface area contributed by atoms with E-state index in [1.807, 2.05) is 0 Å². The summed E-state index contributed by atoms with van der Waals surface area (Å²) >= 11 is 0. The predicted octanol–water partition coefficient (Wildman–Crippen LogP) is 3.05. The highest BCUT2D eigenvalue weighted by atomic mass is 16.3. The number of aliphatic hydroxyl groups is 1. The van der Waals surface area contributed by atoms with E-state index in [9.17, 15) is 5.11 Å². The van der Waals surface area contributed by atoms with E-state index in [1.165, 1.54) is 38.6 Å². The highest BCUT2D eigenvalue weighted by molar-refractivity contribution is 4.85. The molecule has 0 radical (unpaired) electrons. The number of aliphatic hydroxyl groups excluding tert-OH is 1. The van der Waals surface area contributed by atoms with Crippen LogP contribution in [0.15, 0.2) is 0 Å². The first-order chi connectivity index (χ1) is 7.69. The molecule has 3 atom stereocenters. The molecule has 0 heterocycles. The van der Waals surface area contributed by atoms with Gasteiger partial charge in [-0.3, -0.25) is 0 Å². The highest BCUT2D eigenvalue weighted by Gasteiger charge is 2.30. The van der Waals surface area contributed by atoms with Crippen LogP contribution in [-0.2, 0) is 0 Å². The van der Waals surface area contributed by atoms with E-state index >= 15 is 0 Å². The van der Waals surface area contributed by atoms with Gasteiger partial charge in [0.15, 0.2) is 0 Å². The molecule has 0 aromatic rings. The Labute approximate surface area is 101 Å². The zero-order chi connectivity index (χ0) is 12.0. The summed E-state index contributed by atoms with van der Waals surface area (Å²) in [5.74, 6) is 0.801. The van der Waals surface area contributed by atoms with Crippen molar-refractivity contribution in [3.05, 3.63) is 0 Å². The van der Waals surface area contributed by atoms with E-state index in [2.05, 4.69) is 25.8 Å². The van der Waals surface area contributed by atoms with Crippen molar-refractivity contribution in [3.8, 4) is 0 Å². The second-order valence-corrected chi connectivity index (χ2v) is 5.39. The van der Waals surface area contributed by atoms with E-state index in [0.29, 0.717) is 6.04 Å². The standard InChI is InChI=1S/C14H29NO/c1-4-6-7-10-15(3)14-11-13(16)9-8-12(14)5-2/h12-14,16H,4-11H2,1-3H3. The fourth-order valence-corrected chi connectivity index (χ4v) is 2.98. The van der Waals surface area contributed by atoms with Crippen LogP contribution in [0, 0.1) is 5.92 Å². The van der Waals surface area contributed by atoms with E-state index in [0.717, 1.165) is 18.8 Å². The zero-order valence-corrected chi connectivity index (χ0v) is 11.3. The molecular formula is C14H29NO. The Balaban J connectivity index is 2.39. The van der Waals surface area contributed by atoms with Crippen molar-refractivity contribution in [2.45, 2.75) is 70.9 Å². The minimum atomic E-state index is -0.0542. The maximum Gasteiger partial charge on any atom is 0.0555 e. The van der Waals surface area contributed by atoms with E-state index in [-0.39, 0.29) is 6.10 Å². The topological polar surface area (TPSA) is 23.5 Å². The summed E-state index contributed by atoms with van der Waals surface area (Å²) in [4.78, 5) is 2.49. The zero-order valence-electron chi connectivity index (χ0n) is 11.3. The second-order valence-electron chi connectivity index (χ2n) is 5.39. The summed E-state index contributed by atoms with van der Waals surface area (Å²) in [7, 11) is 2.24. The van der Waals surface area contributed by atoms with Gasteiger partial charge in [-0.25, -0.2) is 0 Å². The van der Waals surface area contributed by atoms with E-state index in [1.54, 1.807) is 0 Å². The molecule has 1 rings (SSSR count). The molecule has 16 heavy (non-hydrogen) atoms. The smallest absolute Gasteiger partial charge is 0.0555 e. The van der Waals surface area contributed by atoms with Gasteiger partial charge in [0.05, 0.1) is 6.10 Å². The Kier molecular flexibility index (Phi) is 6.37. The lowest BCUT2D eigenvalue weighted by atomic mass is 9.80. The Bertz CT molecular complexity index is 184. The fourth-order valence-electron chi connectivity index (χ4n) is 2.98. The molecule has 2 nitrogen and oxygen atoms in total. The van der Waals surface area contributed by atoms with Gasteiger partial charge in [0.25, 0.3) is 0 Å². The average molecular weight is 227 g/mol. The van der Waals surface area contributed by atoms with Crippen molar-refractivity contribution < 1.29 is 5.11 Å². The summed E-state index contributed by atoms with van der Waals surface area (Å²) in [6.07, 6.45) is 8.33. The Morgan fingerprint density at radius 2 is 1.94 bits per heavy atom. The SMILES string of the molecule is CCCCCN(C)C1CC(O)CCC1CC. The molecule has 0 saturated heterocycles. The van der Waals surface area contributed by atoms with Gasteiger partial charge in [-0.15, -0.1) is 0 Å². The van der Waals surface area contributed by atoms with Crippen LogP contribution in [-0.4, -0.2) is 35.7 Å². The molecule has 1 N–H and O–H groups in total. The third-order valence-electron chi connectivity index (χ3n) is 4.13. The summed E-state index contributed by atoms with van der Waals surface area (Å²) in [5, 5.41) is 9.79. The Morgan fingerprint density at radius 1 is 1.19 bits per heavy atom. The molecule has 0 aromatic carbocycles. The lowest BCUT2D eigenvalue weighted by Gasteiger charge is -2.39. The van der Waals surface area contributed by atoms with Gasteiger partial charge >= 0.3 is 0 Å². The first-order valence-corrected chi connectivity index (χ1v) is 7.07. The lowest BCUT2D eigenvalue weighted by molar-refractivity contribution is 0.0359. The first kappa shape index (κ1) is 14.0. The van der Waals surface area contributed by atoms with Crippen molar-refractivity contribution in [2.75, 3.05) is 13.6 Å². The number of hydrogen-bond acceptors (Lipinski definition) is 2. The quantitative estimate of drug-likeness (QED) is 0.705. The normalized spacial score (nSPS) is 30.9. The summed E-state index contributed by atoms with van der Waals surface area (Å²) in [5.41, 5.74) is 0. The third-order valence-corrected chi connectivity index (χ3v) is 4.13. The van der Waals surface area contributed by atoms with Crippen LogP contribution in [0.25, 0.3) is 0 Å². The Hall–Kier alpha value is -0.0800. The minimum Gasteiger partial charge on any atom is -0.393 e. The molecule has 96 valence electrons. The average Bonchev–Trinajstić information content (AvgIpc) is 2.29. The number of hydrogen-bond donors (Lipinski definition) is 1. The van der Waals surface area contributed by atoms with Crippen molar-refractivity contribution in [3.63, 3.8) is 0 Å². The lowest BCUT2D eigenvalue weighted by Crippen LogP contribution is -2.44. The van der Waals surface area contributed by atoms with Crippen LogP contribution in [0.4, 0.5) is 0 Å². The van der Waals surface area contributed by atoms with Gasteiger partial charge < -0.3 is 10.0 Å². The molecule has 1 fully saturated rings. The number of unbranched alkanes of at least 4 members (excludes halogenated alkanes) is 2. The van der Waals surface area contributed by atoms with Gasteiger partial charge in [0.2, 0.25) is 0 Å². The monoisotopic (exact) mass is 227 g/mol. The van der Waals surface area contributed by atoms with Crippen LogP contribution >= 0.6 is 0 Å². The predicted molar refractivity (Wildman–Crippen MR) is 69.6 cm³/mol. The van der Waals surface area contributed by atoms with Gasteiger partial charge in [0.1, 0.15) is 0 Å². The van der Waals surface area contributed by atoms with Gasteiger partial charge in [-0.2, -0.15) is 0 Å². The molecule has 1 aliphatic carbocycles. The van der Waals surface area contributed by atoms with Crippen molar-refractivity contribution in [1.82, 2.24) is 4.90 Å². The van der Waals surface area contributed by atoms with Gasteiger partial charge in [-0.05, 0) is 45.2 Å². The number of nitrogens with zero attached hydrogens (tertiary/aromatic N) is 1. The first-order valence-electron chi connectivity index (χ1n) is 7.07. The molecular weight excluding hydrogens is 198 g/mol. The van der Waals surface area contributed by atoms with Crippen LogP contribution in [0.5, 0.6) is 0 Å². The Morgan fingerprint density at radius 3 is 2.56 bits per heavy atom. The second kappa shape index (κ2) is 7.29. The van der Waals surface area contributed by atoms with E-state index in [4.69, 9.17) is 0 Å². The molecule has 0 aliphatic heterocycles. The summed E-state index contributed by atoms with van der Waals surface area (Å²) in [6, 6.07) is 0.616. The minimum absolute atomic E-state index is 0.0542. The van der Waals surface area contributed by atoms with Crippen molar-refractivity contribution in [2.24, 2.45) is 5.92 Å². The van der Waals surface area contributed by atoms with Gasteiger partial charge in [0, 0.05) is 6.04 Å². The van der Waals surface area contributed by atoms with Crippen molar-refractivity contribution in [1.29, 1.82) is 0 Å². The molecule has 3 unspecified atom stereocenters. The molecule has 0 aromatic heterocycles. The maximum absolute atomic E-state index is 9.79. The highest BCUT2D eigenvalue weighted by Crippen LogP contribution is 2.30.